The normalized spacial score (nSPS) is 19.3. The number of hydrogen-bond acceptors (Lipinski definition) is 9. The van der Waals surface area contributed by atoms with E-state index in [-0.39, 0.29) is 36.7 Å². The molecule has 1 aliphatic heterocycles. The van der Waals surface area contributed by atoms with Crippen LogP contribution in [0.15, 0.2) is 6.20 Å². The number of nitro groups is 1. The lowest BCUT2D eigenvalue weighted by molar-refractivity contribution is -0.384. The molecule has 0 radical (unpaired) electrons. The van der Waals surface area contributed by atoms with Crippen molar-refractivity contribution in [2.24, 2.45) is 5.84 Å². The van der Waals surface area contributed by atoms with Crippen LogP contribution < -0.4 is 16.2 Å². The number of nitrogens with two attached hydrogens (primary N) is 1. The van der Waals surface area contributed by atoms with Crippen molar-refractivity contribution in [1.82, 2.24) is 9.97 Å². The minimum absolute atomic E-state index is 0.0729. The van der Waals surface area contributed by atoms with Gasteiger partial charge < -0.3 is 14.7 Å². The van der Waals surface area contributed by atoms with Gasteiger partial charge in [-0.2, -0.15) is 4.98 Å². The van der Waals surface area contributed by atoms with E-state index in [2.05, 4.69) is 15.4 Å². The van der Waals surface area contributed by atoms with E-state index >= 15 is 0 Å². The monoisotopic (exact) mass is 270 g/mol. The molecule has 0 bridgehead atoms. The summed E-state index contributed by atoms with van der Waals surface area (Å²) in [7, 11) is 0. The molecular weight excluding hydrogens is 256 g/mol. The molecule has 0 saturated carbocycles. The smallest absolute Gasteiger partial charge is 0.329 e. The molecule has 0 spiro atoms. The van der Waals surface area contributed by atoms with Gasteiger partial charge in [-0.05, 0) is 0 Å². The molecule has 0 aromatic carbocycles. The predicted octanol–water partition coefficient (Wildman–Crippen LogP) is -1.13. The molecule has 10 heteroatoms. The number of anilines is 2. The molecule has 2 heterocycles. The molecule has 1 atom stereocenters. The minimum Gasteiger partial charge on any atom is -0.394 e. The maximum absolute atomic E-state index is 11.0. The highest BCUT2D eigenvalue weighted by Crippen LogP contribution is 2.28. The molecule has 0 aliphatic carbocycles. The van der Waals surface area contributed by atoms with Crippen molar-refractivity contribution in [3.63, 3.8) is 0 Å². The Labute approximate surface area is 108 Å². The second-order valence-electron chi connectivity index (χ2n) is 3.91. The highest BCUT2D eigenvalue weighted by Gasteiger charge is 2.30. The molecule has 2 rings (SSSR count). The average Bonchev–Trinajstić information content (AvgIpc) is 2.46. The first-order valence-electron chi connectivity index (χ1n) is 5.60. The van der Waals surface area contributed by atoms with E-state index < -0.39 is 4.92 Å². The van der Waals surface area contributed by atoms with Gasteiger partial charge >= 0.3 is 5.69 Å². The molecule has 19 heavy (non-hydrogen) atoms. The second-order valence-corrected chi connectivity index (χ2v) is 3.91. The topological polar surface area (TPSA) is 140 Å². The van der Waals surface area contributed by atoms with Crippen LogP contribution in [-0.4, -0.2) is 52.4 Å². The number of hydrazine groups is 1. The largest absolute Gasteiger partial charge is 0.394 e. The number of nitrogen functional groups attached to an aromatic ring is 1. The van der Waals surface area contributed by atoms with Crippen LogP contribution in [0.1, 0.15) is 0 Å². The van der Waals surface area contributed by atoms with E-state index in [9.17, 15) is 15.2 Å². The molecule has 1 aliphatic rings. The number of aromatic nitrogens is 2. The molecule has 1 aromatic rings. The lowest BCUT2D eigenvalue weighted by Crippen LogP contribution is -2.48. The summed E-state index contributed by atoms with van der Waals surface area (Å²) < 4.78 is 5.23. The fourth-order valence-corrected chi connectivity index (χ4v) is 1.86. The first kappa shape index (κ1) is 13.4. The third-order valence-electron chi connectivity index (χ3n) is 2.79. The number of rotatable bonds is 4. The van der Waals surface area contributed by atoms with E-state index in [1.54, 1.807) is 4.90 Å². The van der Waals surface area contributed by atoms with E-state index in [0.717, 1.165) is 6.20 Å². The van der Waals surface area contributed by atoms with Gasteiger partial charge in [-0.3, -0.25) is 15.5 Å². The summed E-state index contributed by atoms with van der Waals surface area (Å²) in [6.07, 6.45) is 1.08. The van der Waals surface area contributed by atoms with Crippen molar-refractivity contribution in [2.45, 2.75) is 6.04 Å². The Bertz CT molecular complexity index is 470. The fraction of sp³-hybridized carbons (Fsp3) is 0.556. The second kappa shape index (κ2) is 5.73. The van der Waals surface area contributed by atoms with Crippen LogP contribution in [0.4, 0.5) is 17.5 Å². The predicted molar refractivity (Wildman–Crippen MR) is 65.5 cm³/mol. The van der Waals surface area contributed by atoms with E-state index in [1.165, 1.54) is 0 Å². The van der Waals surface area contributed by atoms with Crippen molar-refractivity contribution in [3.05, 3.63) is 16.3 Å². The van der Waals surface area contributed by atoms with Gasteiger partial charge in [0.15, 0.2) is 0 Å². The van der Waals surface area contributed by atoms with Crippen LogP contribution in [0.2, 0.25) is 0 Å². The van der Waals surface area contributed by atoms with Gasteiger partial charge in [0.2, 0.25) is 11.8 Å². The van der Waals surface area contributed by atoms with E-state index in [4.69, 9.17) is 10.6 Å². The zero-order valence-electron chi connectivity index (χ0n) is 10.0. The van der Waals surface area contributed by atoms with Crippen LogP contribution in [0.25, 0.3) is 0 Å². The van der Waals surface area contributed by atoms with Gasteiger partial charge in [0.1, 0.15) is 6.20 Å². The third kappa shape index (κ3) is 2.70. The minimum atomic E-state index is -0.570. The van der Waals surface area contributed by atoms with Gasteiger partial charge in [-0.15, -0.1) is 0 Å². The summed E-state index contributed by atoms with van der Waals surface area (Å²) in [6.45, 7) is 0.895. The lowest BCUT2D eigenvalue weighted by Gasteiger charge is -2.34. The van der Waals surface area contributed by atoms with Crippen LogP contribution in [0.5, 0.6) is 0 Å². The van der Waals surface area contributed by atoms with Gasteiger partial charge in [0.05, 0.1) is 30.8 Å². The van der Waals surface area contributed by atoms with Crippen molar-refractivity contribution in [3.8, 4) is 0 Å². The molecule has 1 aromatic heterocycles. The lowest BCUT2D eigenvalue weighted by atomic mass is 10.2. The summed E-state index contributed by atoms with van der Waals surface area (Å²) in [5.74, 6) is 5.40. The summed E-state index contributed by atoms with van der Waals surface area (Å²) >= 11 is 0. The van der Waals surface area contributed by atoms with Gasteiger partial charge in [-0.1, -0.05) is 0 Å². The first-order valence-corrected chi connectivity index (χ1v) is 5.60. The van der Waals surface area contributed by atoms with Gasteiger partial charge in [0, 0.05) is 6.54 Å². The van der Waals surface area contributed by atoms with Crippen LogP contribution >= 0.6 is 0 Å². The molecule has 1 unspecified atom stereocenters. The van der Waals surface area contributed by atoms with Crippen LogP contribution in [-0.2, 0) is 4.74 Å². The summed E-state index contributed by atoms with van der Waals surface area (Å²) in [5.41, 5.74) is 2.00. The Balaban J connectivity index is 2.42. The summed E-state index contributed by atoms with van der Waals surface area (Å²) in [4.78, 5) is 19.8. The fourth-order valence-electron chi connectivity index (χ4n) is 1.86. The van der Waals surface area contributed by atoms with E-state index in [0.29, 0.717) is 13.2 Å². The quantitative estimate of drug-likeness (QED) is 0.352. The Morgan fingerprint density at radius 1 is 1.74 bits per heavy atom. The SMILES string of the molecule is NNc1ncc([N+](=O)[O-])c(N2CCOCC2CO)n1. The zero-order chi connectivity index (χ0) is 13.8. The summed E-state index contributed by atoms with van der Waals surface area (Å²) in [5, 5.41) is 20.3. The molecule has 10 nitrogen and oxygen atoms in total. The molecule has 1 saturated heterocycles. The molecule has 4 N–H and O–H groups in total. The first-order chi connectivity index (χ1) is 9.17. The zero-order valence-corrected chi connectivity index (χ0v) is 10.0. The average molecular weight is 270 g/mol. The van der Waals surface area contributed by atoms with Gasteiger partial charge in [0.25, 0.3) is 0 Å². The number of nitrogens with zero attached hydrogens (tertiary/aromatic N) is 4. The Kier molecular flexibility index (Phi) is 4.04. The number of aliphatic hydroxyl groups excluding tert-OH is 1. The highest BCUT2D eigenvalue weighted by atomic mass is 16.6. The van der Waals surface area contributed by atoms with Crippen molar-refractivity contribution in [2.75, 3.05) is 36.7 Å². The molecule has 104 valence electrons. The Hall–Kier alpha value is -2.04. The number of hydrogen-bond donors (Lipinski definition) is 3. The van der Waals surface area contributed by atoms with Crippen LogP contribution in [0.3, 0.4) is 0 Å². The van der Waals surface area contributed by atoms with Crippen molar-refractivity contribution in [1.29, 1.82) is 0 Å². The van der Waals surface area contributed by atoms with Crippen molar-refractivity contribution >= 4 is 17.5 Å². The summed E-state index contributed by atoms with van der Waals surface area (Å²) in [6, 6.07) is -0.382. The standard InChI is InChI=1S/C9H14N6O4/c10-13-9-11-3-7(15(17)18)8(12-9)14-1-2-19-5-6(14)4-16/h3,6,16H,1-2,4-5,10H2,(H,11,12,13). The number of morpholine rings is 1. The van der Waals surface area contributed by atoms with Crippen LogP contribution in [0, 0.1) is 10.1 Å². The Morgan fingerprint density at radius 3 is 3.16 bits per heavy atom. The highest BCUT2D eigenvalue weighted by molar-refractivity contribution is 5.59. The number of nitrogens with one attached hydrogen (secondary N) is 1. The van der Waals surface area contributed by atoms with Crippen molar-refractivity contribution < 1.29 is 14.8 Å². The van der Waals surface area contributed by atoms with E-state index in [1.807, 2.05) is 0 Å². The third-order valence-corrected chi connectivity index (χ3v) is 2.79. The van der Waals surface area contributed by atoms with Gasteiger partial charge in [-0.25, -0.2) is 10.8 Å². The maximum atomic E-state index is 11.0. The number of aliphatic hydroxyl groups is 1. The maximum Gasteiger partial charge on any atom is 0.329 e. The molecular formula is C9H14N6O4. The molecule has 1 fully saturated rings. The molecule has 0 amide bonds. The Morgan fingerprint density at radius 2 is 2.53 bits per heavy atom. The number of ether oxygens (including phenoxy) is 1.